The first-order valence-electron chi connectivity index (χ1n) is 9.63. The Hall–Kier alpha value is -2.57. The quantitative estimate of drug-likeness (QED) is 0.708. The maximum atomic E-state index is 10.4. The van der Waals surface area contributed by atoms with Gasteiger partial charge in [0.1, 0.15) is 5.75 Å². The lowest BCUT2D eigenvalue weighted by atomic mass is 10.0. The van der Waals surface area contributed by atoms with Gasteiger partial charge >= 0.3 is 0 Å². The fourth-order valence-electron chi connectivity index (χ4n) is 3.31. The summed E-state index contributed by atoms with van der Waals surface area (Å²) in [5, 5.41) is 10.4. The molecule has 1 aliphatic heterocycles. The molecular formula is C22H28N2O4. The van der Waals surface area contributed by atoms with Crippen molar-refractivity contribution in [3.8, 4) is 17.2 Å². The minimum Gasteiger partial charge on any atom is -0.504 e. The molecular weight excluding hydrogens is 356 g/mol. The second-order valence-electron chi connectivity index (χ2n) is 6.56. The Morgan fingerprint density at radius 3 is 2.61 bits per heavy atom. The maximum absolute atomic E-state index is 10.4. The van der Waals surface area contributed by atoms with E-state index in [-0.39, 0.29) is 11.8 Å². The molecule has 0 saturated carbocycles. The number of benzene rings is 2. The Kier molecular flexibility index (Phi) is 7.28. The molecule has 0 spiro atoms. The van der Waals surface area contributed by atoms with E-state index in [4.69, 9.17) is 14.2 Å². The molecule has 1 N–H and O–H groups in total. The molecule has 0 aliphatic carbocycles. The van der Waals surface area contributed by atoms with Crippen molar-refractivity contribution in [2.45, 2.75) is 13.0 Å². The van der Waals surface area contributed by atoms with Crippen LogP contribution in [-0.2, 0) is 4.74 Å². The van der Waals surface area contributed by atoms with Gasteiger partial charge in [-0.3, -0.25) is 9.89 Å². The predicted octanol–water partition coefficient (Wildman–Crippen LogP) is 3.29. The van der Waals surface area contributed by atoms with E-state index in [1.165, 1.54) is 5.56 Å². The molecule has 0 amide bonds. The minimum absolute atomic E-state index is 0.125. The molecule has 0 aromatic heterocycles. The number of hydrogen-bond donors (Lipinski definition) is 1. The van der Waals surface area contributed by atoms with E-state index in [1.54, 1.807) is 19.4 Å². The number of para-hydroxylation sites is 1. The Balaban J connectivity index is 1.77. The van der Waals surface area contributed by atoms with E-state index in [9.17, 15) is 5.11 Å². The molecule has 2 aromatic rings. The van der Waals surface area contributed by atoms with Crippen LogP contribution in [0.15, 0.2) is 47.5 Å². The smallest absolute Gasteiger partial charge is 0.166 e. The molecule has 1 saturated heterocycles. The first-order chi connectivity index (χ1) is 13.7. The Bertz CT molecular complexity index is 771. The standard InChI is InChI=1S/C22H28N2O4/c1-3-28-21-6-4-5-18(22(21)25)15-23-16-20(24-11-13-27-14-12-24)17-7-9-19(26-2)10-8-17/h4-10,15,20,25H,3,11-14,16H2,1-2H3/t20-/m0/s1. The number of phenolic OH excluding ortho intramolecular Hbond substituents is 1. The topological polar surface area (TPSA) is 63.5 Å². The van der Waals surface area contributed by atoms with Gasteiger partial charge in [0.05, 0.1) is 39.5 Å². The van der Waals surface area contributed by atoms with Crippen LogP contribution in [0.4, 0.5) is 0 Å². The summed E-state index contributed by atoms with van der Waals surface area (Å²) in [4.78, 5) is 7.03. The number of nitrogens with zero attached hydrogens (tertiary/aromatic N) is 2. The highest BCUT2D eigenvalue weighted by Gasteiger charge is 2.22. The number of rotatable bonds is 8. The number of methoxy groups -OCH3 is 1. The van der Waals surface area contributed by atoms with Crippen molar-refractivity contribution in [3.05, 3.63) is 53.6 Å². The van der Waals surface area contributed by atoms with Crippen molar-refractivity contribution < 1.29 is 19.3 Å². The molecule has 1 atom stereocenters. The van der Waals surface area contributed by atoms with Crippen molar-refractivity contribution in [2.24, 2.45) is 4.99 Å². The average molecular weight is 384 g/mol. The third kappa shape index (κ3) is 5.03. The highest BCUT2D eigenvalue weighted by Crippen LogP contribution is 2.29. The fraction of sp³-hybridized carbons (Fsp3) is 0.409. The first kappa shape index (κ1) is 20.2. The van der Waals surface area contributed by atoms with Crippen LogP contribution in [0.2, 0.25) is 0 Å². The van der Waals surface area contributed by atoms with Crippen molar-refractivity contribution in [3.63, 3.8) is 0 Å². The highest BCUT2D eigenvalue weighted by molar-refractivity contribution is 5.84. The van der Waals surface area contributed by atoms with Gasteiger partial charge in [0.15, 0.2) is 11.5 Å². The molecule has 6 heteroatoms. The molecule has 3 rings (SSSR count). The van der Waals surface area contributed by atoms with Gasteiger partial charge in [-0.1, -0.05) is 18.2 Å². The fourth-order valence-corrected chi connectivity index (χ4v) is 3.31. The van der Waals surface area contributed by atoms with E-state index in [2.05, 4.69) is 22.0 Å². The molecule has 0 radical (unpaired) electrons. The second-order valence-corrected chi connectivity index (χ2v) is 6.56. The van der Waals surface area contributed by atoms with Crippen molar-refractivity contribution in [2.75, 3.05) is 46.6 Å². The summed E-state index contributed by atoms with van der Waals surface area (Å²) in [6.07, 6.45) is 1.72. The third-order valence-electron chi connectivity index (χ3n) is 4.83. The zero-order chi connectivity index (χ0) is 19.8. The number of ether oxygens (including phenoxy) is 3. The van der Waals surface area contributed by atoms with E-state index < -0.39 is 0 Å². The molecule has 1 heterocycles. The van der Waals surface area contributed by atoms with Crippen LogP contribution < -0.4 is 9.47 Å². The monoisotopic (exact) mass is 384 g/mol. The van der Waals surface area contributed by atoms with Crippen LogP contribution in [0.5, 0.6) is 17.2 Å². The Morgan fingerprint density at radius 1 is 1.18 bits per heavy atom. The number of hydrogen-bond acceptors (Lipinski definition) is 6. The Morgan fingerprint density at radius 2 is 1.93 bits per heavy atom. The van der Waals surface area contributed by atoms with Crippen molar-refractivity contribution in [1.29, 1.82) is 0 Å². The van der Waals surface area contributed by atoms with Gasteiger partial charge in [-0.2, -0.15) is 0 Å². The summed E-state index contributed by atoms with van der Waals surface area (Å²) in [5.41, 5.74) is 1.84. The van der Waals surface area contributed by atoms with Crippen LogP contribution in [0.25, 0.3) is 0 Å². The van der Waals surface area contributed by atoms with Gasteiger partial charge in [-0.05, 0) is 36.8 Å². The zero-order valence-corrected chi connectivity index (χ0v) is 16.5. The number of morpholine rings is 1. The van der Waals surface area contributed by atoms with Crippen molar-refractivity contribution >= 4 is 6.21 Å². The molecule has 6 nitrogen and oxygen atoms in total. The summed E-state index contributed by atoms with van der Waals surface area (Å²) in [7, 11) is 1.67. The summed E-state index contributed by atoms with van der Waals surface area (Å²) >= 11 is 0. The summed E-state index contributed by atoms with van der Waals surface area (Å²) in [6, 6.07) is 13.7. The highest BCUT2D eigenvalue weighted by atomic mass is 16.5. The van der Waals surface area contributed by atoms with Crippen LogP contribution in [0, 0.1) is 0 Å². The third-order valence-corrected chi connectivity index (χ3v) is 4.83. The van der Waals surface area contributed by atoms with Gasteiger partial charge in [-0.15, -0.1) is 0 Å². The first-order valence-corrected chi connectivity index (χ1v) is 9.63. The molecule has 1 aliphatic rings. The largest absolute Gasteiger partial charge is 0.504 e. The predicted molar refractivity (Wildman–Crippen MR) is 110 cm³/mol. The van der Waals surface area contributed by atoms with Crippen LogP contribution in [0.1, 0.15) is 24.1 Å². The number of aromatic hydroxyl groups is 1. The number of phenols is 1. The van der Waals surface area contributed by atoms with E-state index in [0.29, 0.717) is 24.5 Å². The minimum atomic E-state index is 0.125. The second kappa shape index (κ2) is 10.1. The van der Waals surface area contributed by atoms with Gasteiger partial charge < -0.3 is 19.3 Å². The summed E-state index contributed by atoms with van der Waals surface area (Å²) in [6.45, 7) is 6.19. The van der Waals surface area contributed by atoms with E-state index in [1.807, 2.05) is 31.2 Å². The molecule has 150 valence electrons. The molecule has 0 bridgehead atoms. The van der Waals surface area contributed by atoms with Gasteiger partial charge in [0, 0.05) is 24.9 Å². The van der Waals surface area contributed by atoms with E-state index >= 15 is 0 Å². The normalized spacial score (nSPS) is 16.2. The summed E-state index contributed by atoms with van der Waals surface area (Å²) < 4.78 is 16.2. The van der Waals surface area contributed by atoms with Crippen LogP contribution >= 0.6 is 0 Å². The zero-order valence-electron chi connectivity index (χ0n) is 16.5. The average Bonchev–Trinajstić information content (AvgIpc) is 2.74. The van der Waals surface area contributed by atoms with E-state index in [0.717, 1.165) is 32.1 Å². The van der Waals surface area contributed by atoms with Gasteiger partial charge in [0.2, 0.25) is 0 Å². The Labute approximate surface area is 166 Å². The lowest BCUT2D eigenvalue weighted by Crippen LogP contribution is -2.40. The van der Waals surface area contributed by atoms with Crippen molar-refractivity contribution in [1.82, 2.24) is 4.90 Å². The van der Waals surface area contributed by atoms with Crippen LogP contribution in [0.3, 0.4) is 0 Å². The lowest BCUT2D eigenvalue weighted by molar-refractivity contribution is 0.0180. The number of aliphatic imine (C=N–C) groups is 1. The molecule has 28 heavy (non-hydrogen) atoms. The molecule has 0 unspecified atom stereocenters. The summed E-state index contributed by atoms with van der Waals surface area (Å²) in [5.74, 6) is 1.44. The van der Waals surface area contributed by atoms with Gasteiger partial charge in [-0.25, -0.2) is 0 Å². The van der Waals surface area contributed by atoms with Crippen LogP contribution in [-0.4, -0.2) is 62.8 Å². The lowest BCUT2D eigenvalue weighted by Gasteiger charge is -2.34. The maximum Gasteiger partial charge on any atom is 0.166 e. The van der Waals surface area contributed by atoms with Gasteiger partial charge in [0.25, 0.3) is 0 Å². The molecule has 2 aromatic carbocycles. The SMILES string of the molecule is CCOc1cccc(C=NC[C@@H](c2ccc(OC)cc2)N2CCOCC2)c1O. The molecule has 1 fully saturated rings.